The number of hydrogen-bond acceptors (Lipinski definition) is 4. The molecule has 5 nitrogen and oxygen atoms in total. The Morgan fingerprint density at radius 2 is 2.05 bits per heavy atom. The fraction of sp³-hybridized carbons (Fsp3) is 0.154. The molecule has 2 rings (SSSR count). The van der Waals surface area contributed by atoms with E-state index >= 15 is 0 Å². The van der Waals surface area contributed by atoms with Crippen molar-refractivity contribution in [3.05, 3.63) is 53.6 Å². The Kier molecular flexibility index (Phi) is 4.01. The fourth-order valence-corrected chi connectivity index (χ4v) is 2.61. The number of pyridine rings is 1. The highest BCUT2D eigenvalue weighted by atomic mass is 32.2. The van der Waals surface area contributed by atoms with E-state index in [0.29, 0.717) is 0 Å². The Labute approximate surface area is 116 Å². The lowest BCUT2D eigenvalue weighted by Crippen LogP contribution is -2.23. The van der Waals surface area contributed by atoms with Crippen molar-refractivity contribution in [1.82, 2.24) is 9.71 Å². The topological polar surface area (TPSA) is 85.1 Å². The SMILES string of the molecule is Cc1ccc(CNS(=O)(=O)c2ccc(F)c(N)c2)cn1. The van der Waals surface area contributed by atoms with Crippen LogP contribution < -0.4 is 10.5 Å². The van der Waals surface area contributed by atoms with Gasteiger partial charge in [-0.3, -0.25) is 4.98 Å². The summed E-state index contributed by atoms with van der Waals surface area (Å²) in [6.45, 7) is 1.95. The normalized spacial score (nSPS) is 11.5. The summed E-state index contributed by atoms with van der Waals surface area (Å²) in [5.74, 6) is -0.647. The second-order valence-electron chi connectivity index (χ2n) is 4.32. The molecule has 7 heteroatoms. The summed E-state index contributed by atoms with van der Waals surface area (Å²) in [4.78, 5) is 4.00. The van der Waals surface area contributed by atoms with Gasteiger partial charge in [-0.05, 0) is 36.8 Å². The van der Waals surface area contributed by atoms with Crippen molar-refractivity contribution in [2.24, 2.45) is 0 Å². The molecule has 0 atom stereocenters. The number of halogens is 1. The second kappa shape index (κ2) is 5.56. The summed E-state index contributed by atoms with van der Waals surface area (Å²) < 4.78 is 39.5. The van der Waals surface area contributed by atoms with Crippen molar-refractivity contribution in [3.63, 3.8) is 0 Å². The molecule has 2 aromatic rings. The van der Waals surface area contributed by atoms with Crippen LogP contribution in [0.15, 0.2) is 41.4 Å². The molecular formula is C13H14FN3O2S. The van der Waals surface area contributed by atoms with Gasteiger partial charge in [0.25, 0.3) is 0 Å². The van der Waals surface area contributed by atoms with Gasteiger partial charge >= 0.3 is 0 Å². The van der Waals surface area contributed by atoms with Crippen LogP contribution in [0.3, 0.4) is 0 Å². The molecule has 0 aliphatic carbocycles. The first-order valence-electron chi connectivity index (χ1n) is 5.85. The molecule has 0 unspecified atom stereocenters. The Morgan fingerprint density at radius 1 is 1.30 bits per heavy atom. The number of nitrogens with two attached hydrogens (primary N) is 1. The van der Waals surface area contributed by atoms with Gasteiger partial charge in [0, 0.05) is 18.4 Å². The maximum Gasteiger partial charge on any atom is 0.240 e. The van der Waals surface area contributed by atoms with Gasteiger partial charge in [0.15, 0.2) is 0 Å². The smallest absolute Gasteiger partial charge is 0.240 e. The minimum absolute atomic E-state index is 0.0727. The maximum atomic E-state index is 13.0. The molecule has 0 amide bonds. The number of sulfonamides is 1. The minimum Gasteiger partial charge on any atom is -0.396 e. The van der Waals surface area contributed by atoms with E-state index in [1.54, 1.807) is 18.3 Å². The molecule has 0 aliphatic rings. The van der Waals surface area contributed by atoms with E-state index in [2.05, 4.69) is 9.71 Å². The average molecular weight is 295 g/mol. The van der Waals surface area contributed by atoms with Gasteiger partial charge in [-0.25, -0.2) is 17.5 Å². The Hall–Kier alpha value is -1.99. The zero-order valence-electron chi connectivity index (χ0n) is 10.8. The van der Waals surface area contributed by atoms with E-state index in [9.17, 15) is 12.8 Å². The number of aromatic nitrogens is 1. The molecule has 0 fully saturated rings. The number of aryl methyl sites for hydroxylation is 1. The van der Waals surface area contributed by atoms with Crippen LogP contribution in [-0.2, 0) is 16.6 Å². The minimum atomic E-state index is -3.73. The largest absolute Gasteiger partial charge is 0.396 e. The fourth-order valence-electron chi connectivity index (χ4n) is 1.55. The van der Waals surface area contributed by atoms with Crippen molar-refractivity contribution in [1.29, 1.82) is 0 Å². The van der Waals surface area contributed by atoms with E-state index in [1.807, 2.05) is 6.92 Å². The number of hydrogen-bond donors (Lipinski definition) is 2. The molecule has 0 saturated heterocycles. The number of benzene rings is 1. The second-order valence-corrected chi connectivity index (χ2v) is 6.08. The highest BCUT2D eigenvalue weighted by Gasteiger charge is 2.15. The lowest BCUT2D eigenvalue weighted by atomic mass is 10.2. The van der Waals surface area contributed by atoms with Crippen LogP contribution >= 0.6 is 0 Å². The van der Waals surface area contributed by atoms with Gasteiger partial charge in [0.1, 0.15) is 5.82 Å². The summed E-state index contributed by atoms with van der Waals surface area (Å²) in [5.41, 5.74) is 6.74. The third-order valence-corrected chi connectivity index (χ3v) is 4.12. The maximum absolute atomic E-state index is 13.0. The van der Waals surface area contributed by atoms with Crippen molar-refractivity contribution >= 4 is 15.7 Å². The molecule has 0 bridgehead atoms. The molecule has 106 valence electrons. The summed E-state index contributed by atoms with van der Waals surface area (Å²) in [6, 6.07) is 6.85. The molecule has 0 spiro atoms. The van der Waals surface area contributed by atoms with Crippen molar-refractivity contribution < 1.29 is 12.8 Å². The van der Waals surface area contributed by atoms with Gasteiger partial charge in [-0.1, -0.05) is 6.07 Å². The summed E-state index contributed by atoms with van der Waals surface area (Å²) >= 11 is 0. The molecular weight excluding hydrogens is 281 g/mol. The zero-order chi connectivity index (χ0) is 14.8. The van der Waals surface area contributed by atoms with E-state index in [1.165, 1.54) is 6.07 Å². The quantitative estimate of drug-likeness (QED) is 0.839. The number of nitrogen functional groups attached to an aromatic ring is 1. The van der Waals surface area contributed by atoms with Gasteiger partial charge in [-0.2, -0.15) is 0 Å². The van der Waals surface area contributed by atoms with Crippen LogP contribution in [0, 0.1) is 12.7 Å². The van der Waals surface area contributed by atoms with Gasteiger partial charge in [-0.15, -0.1) is 0 Å². The standard InChI is InChI=1S/C13H14FN3O2S/c1-9-2-3-10(7-16-9)8-17-20(18,19)11-4-5-12(14)13(15)6-11/h2-7,17H,8,15H2,1H3. The highest BCUT2D eigenvalue weighted by molar-refractivity contribution is 7.89. The van der Waals surface area contributed by atoms with Crippen LogP contribution in [0.2, 0.25) is 0 Å². The third kappa shape index (κ3) is 3.31. The molecule has 3 N–H and O–H groups in total. The first-order chi connectivity index (χ1) is 9.38. The summed E-state index contributed by atoms with van der Waals surface area (Å²) in [7, 11) is -3.73. The van der Waals surface area contributed by atoms with Gasteiger partial charge in [0.2, 0.25) is 10.0 Å². The highest BCUT2D eigenvalue weighted by Crippen LogP contribution is 2.16. The molecule has 0 saturated carbocycles. The zero-order valence-corrected chi connectivity index (χ0v) is 11.6. The van der Waals surface area contributed by atoms with Crippen molar-refractivity contribution in [2.45, 2.75) is 18.4 Å². The molecule has 0 radical (unpaired) electrons. The molecule has 1 aromatic heterocycles. The Balaban J connectivity index is 2.14. The van der Waals surface area contributed by atoms with E-state index < -0.39 is 15.8 Å². The van der Waals surface area contributed by atoms with E-state index in [4.69, 9.17) is 5.73 Å². The third-order valence-electron chi connectivity index (χ3n) is 2.72. The summed E-state index contributed by atoms with van der Waals surface area (Å²) in [5, 5.41) is 0. The average Bonchev–Trinajstić information content (AvgIpc) is 2.41. The van der Waals surface area contributed by atoms with Crippen LogP contribution in [0.5, 0.6) is 0 Å². The first-order valence-corrected chi connectivity index (χ1v) is 7.33. The van der Waals surface area contributed by atoms with Crippen molar-refractivity contribution in [2.75, 3.05) is 5.73 Å². The molecule has 0 aliphatic heterocycles. The molecule has 20 heavy (non-hydrogen) atoms. The van der Waals surface area contributed by atoms with E-state index in [-0.39, 0.29) is 17.1 Å². The summed E-state index contributed by atoms with van der Waals surface area (Å²) in [6.07, 6.45) is 1.59. The molecule has 1 heterocycles. The monoisotopic (exact) mass is 295 g/mol. The van der Waals surface area contributed by atoms with Crippen molar-refractivity contribution in [3.8, 4) is 0 Å². The number of anilines is 1. The number of nitrogens with one attached hydrogen (secondary N) is 1. The van der Waals surface area contributed by atoms with Gasteiger partial charge < -0.3 is 5.73 Å². The van der Waals surface area contributed by atoms with Crippen LogP contribution in [-0.4, -0.2) is 13.4 Å². The van der Waals surface area contributed by atoms with Gasteiger partial charge in [0.05, 0.1) is 10.6 Å². The predicted octanol–water partition coefficient (Wildman–Crippen LogP) is 1.59. The number of nitrogens with zero attached hydrogens (tertiary/aromatic N) is 1. The predicted molar refractivity (Wildman–Crippen MR) is 73.8 cm³/mol. The number of rotatable bonds is 4. The van der Waals surface area contributed by atoms with Crippen LogP contribution in [0.1, 0.15) is 11.3 Å². The van der Waals surface area contributed by atoms with E-state index in [0.717, 1.165) is 23.4 Å². The molecule has 1 aromatic carbocycles. The Bertz CT molecular complexity index is 715. The lowest BCUT2D eigenvalue weighted by molar-refractivity contribution is 0.580. The first kappa shape index (κ1) is 14.4. The Morgan fingerprint density at radius 3 is 2.65 bits per heavy atom. The van der Waals surface area contributed by atoms with Crippen LogP contribution in [0.25, 0.3) is 0 Å². The lowest BCUT2D eigenvalue weighted by Gasteiger charge is -2.08. The van der Waals surface area contributed by atoms with Crippen LogP contribution in [0.4, 0.5) is 10.1 Å².